The van der Waals surface area contributed by atoms with Gasteiger partial charge in [-0.25, -0.2) is 0 Å². The van der Waals surface area contributed by atoms with Gasteiger partial charge in [-0.05, 0) is 24.3 Å². The van der Waals surface area contributed by atoms with Crippen LogP contribution in [0.5, 0.6) is 17.2 Å². The number of piperazine rings is 1. The first kappa shape index (κ1) is 14.9. The summed E-state index contributed by atoms with van der Waals surface area (Å²) in [5.41, 5.74) is 0. The normalized spacial score (nSPS) is 15.5. The highest BCUT2D eigenvalue weighted by atomic mass is 16.5. The molecule has 0 aliphatic carbocycles. The van der Waals surface area contributed by atoms with Gasteiger partial charge >= 0.3 is 0 Å². The third-order valence-electron chi connectivity index (χ3n) is 3.91. The number of ether oxygens (including phenoxy) is 2. The molecule has 1 heterocycles. The second kappa shape index (κ2) is 7.82. The molecule has 1 fully saturated rings. The van der Waals surface area contributed by atoms with Crippen molar-refractivity contribution in [3.8, 4) is 17.2 Å². The smallest absolute Gasteiger partial charge is 0.137 e. The van der Waals surface area contributed by atoms with Gasteiger partial charge in [-0.15, -0.1) is 0 Å². The largest absolute Gasteiger partial charge is 0.488 e. The van der Waals surface area contributed by atoms with E-state index in [9.17, 15) is 0 Å². The first-order valence-corrected chi connectivity index (χ1v) is 8.01. The molecule has 1 aliphatic rings. The third kappa shape index (κ3) is 4.48. The fourth-order valence-corrected chi connectivity index (χ4v) is 2.70. The summed E-state index contributed by atoms with van der Waals surface area (Å²) in [5.74, 6) is 2.52. The van der Waals surface area contributed by atoms with Crippen LogP contribution in [0.2, 0.25) is 0 Å². The molecule has 0 unspecified atom stereocenters. The summed E-state index contributed by atoms with van der Waals surface area (Å²) in [6.07, 6.45) is 0. The molecule has 116 valence electrons. The number of para-hydroxylation sites is 1. The van der Waals surface area contributed by atoms with E-state index in [1.165, 1.54) is 26.2 Å². The zero-order chi connectivity index (χ0) is 15.0. The Balaban J connectivity index is 1.50. The Labute approximate surface area is 131 Å². The van der Waals surface area contributed by atoms with Crippen molar-refractivity contribution in [1.82, 2.24) is 0 Å². The predicted octanol–water partition coefficient (Wildman–Crippen LogP) is 0.320. The number of benzene rings is 2. The first-order chi connectivity index (χ1) is 10.9. The van der Waals surface area contributed by atoms with Gasteiger partial charge in [-0.1, -0.05) is 24.3 Å². The van der Waals surface area contributed by atoms with Crippen LogP contribution in [0.15, 0.2) is 54.6 Å². The Morgan fingerprint density at radius 1 is 0.864 bits per heavy atom. The lowest BCUT2D eigenvalue weighted by Gasteiger charge is -2.22. The van der Waals surface area contributed by atoms with Gasteiger partial charge in [0.1, 0.15) is 56.6 Å². The van der Waals surface area contributed by atoms with Gasteiger partial charge in [0.15, 0.2) is 0 Å². The molecule has 1 saturated heterocycles. The monoisotopic (exact) mass is 300 g/mol. The van der Waals surface area contributed by atoms with Crippen LogP contribution in [0.1, 0.15) is 0 Å². The van der Waals surface area contributed by atoms with E-state index < -0.39 is 0 Å². The molecule has 0 amide bonds. The Morgan fingerprint density at radius 2 is 1.59 bits per heavy atom. The van der Waals surface area contributed by atoms with Crippen molar-refractivity contribution in [3.63, 3.8) is 0 Å². The molecule has 4 nitrogen and oxygen atoms in total. The van der Waals surface area contributed by atoms with E-state index in [-0.39, 0.29) is 0 Å². The number of nitrogens with two attached hydrogens (primary N) is 1. The van der Waals surface area contributed by atoms with Gasteiger partial charge in [0, 0.05) is 6.07 Å². The van der Waals surface area contributed by atoms with Crippen LogP contribution in [0.4, 0.5) is 0 Å². The molecule has 22 heavy (non-hydrogen) atoms. The summed E-state index contributed by atoms with van der Waals surface area (Å²) in [7, 11) is 0. The Bertz CT molecular complexity index is 568. The van der Waals surface area contributed by atoms with Crippen molar-refractivity contribution in [2.24, 2.45) is 0 Å². The molecule has 0 spiro atoms. The summed E-state index contributed by atoms with van der Waals surface area (Å²) < 4.78 is 11.7. The topological polar surface area (TPSA) is 39.5 Å². The predicted molar refractivity (Wildman–Crippen MR) is 85.7 cm³/mol. The average Bonchev–Trinajstić information content (AvgIpc) is 2.57. The minimum Gasteiger partial charge on any atom is -0.488 e. The van der Waals surface area contributed by atoms with Crippen LogP contribution in [0, 0.1) is 0 Å². The van der Waals surface area contributed by atoms with E-state index in [0.29, 0.717) is 0 Å². The number of quaternary nitrogens is 2. The third-order valence-corrected chi connectivity index (χ3v) is 3.91. The summed E-state index contributed by atoms with van der Waals surface area (Å²) in [6.45, 7) is 6.76. The van der Waals surface area contributed by atoms with Crippen LogP contribution in [0.3, 0.4) is 0 Å². The number of rotatable bonds is 6. The van der Waals surface area contributed by atoms with Crippen molar-refractivity contribution in [3.05, 3.63) is 54.6 Å². The van der Waals surface area contributed by atoms with Crippen LogP contribution < -0.4 is 19.7 Å². The molecular formula is C18H24N2O2+2. The minimum atomic E-state index is 0.754. The fourth-order valence-electron chi connectivity index (χ4n) is 2.70. The second-order valence-electron chi connectivity index (χ2n) is 5.60. The lowest BCUT2D eigenvalue weighted by molar-refractivity contribution is -0.946. The molecule has 3 N–H and O–H groups in total. The molecule has 2 aromatic carbocycles. The highest BCUT2D eigenvalue weighted by molar-refractivity contribution is 5.36. The molecule has 1 aliphatic heterocycles. The van der Waals surface area contributed by atoms with Crippen molar-refractivity contribution in [2.45, 2.75) is 0 Å². The number of hydrogen-bond donors (Lipinski definition) is 2. The first-order valence-electron chi connectivity index (χ1n) is 8.01. The van der Waals surface area contributed by atoms with E-state index in [4.69, 9.17) is 9.47 Å². The van der Waals surface area contributed by atoms with Gasteiger partial charge in [0.25, 0.3) is 0 Å². The van der Waals surface area contributed by atoms with Crippen LogP contribution >= 0.6 is 0 Å². The number of nitrogens with one attached hydrogen (secondary N) is 1. The average molecular weight is 300 g/mol. The van der Waals surface area contributed by atoms with E-state index in [1.807, 2.05) is 54.6 Å². The van der Waals surface area contributed by atoms with Gasteiger partial charge in [-0.3, -0.25) is 0 Å². The molecule has 4 heteroatoms. The molecular weight excluding hydrogens is 276 g/mol. The molecule has 3 rings (SSSR count). The summed E-state index contributed by atoms with van der Waals surface area (Å²) in [4.78, 5) is 1.64. The van der Waals surface area contributed by atoms with Gasteiger partial charge in [0.2, 0.25) is 0 Å². The van der Waals surface area contributed by atoms with E-state index in [1.54, 1.807) is 4.90 Å². The minimum absolute atomic E-state index is 0.754. The Kier molecular flexibility index (Phi) is 5.29. The second-order valence-corrected chi connectivity index (χ2v) is 5.60. The van der Waals surface area contributed by atoms with Crippen molar-refractivity contribution in [1.29, 1.82) is 0 Å². The molecule has 0 radical (unpaired) electrons. The summed E-state index contributed by atoms with van der Waals surface area (Å²) >= 11 is 0. The van der Waals surface area contributed by atoms with Crippen LogP contribution in [0.25, 0.3) is 0 Å². The number of hydrogen-bond acceptors (Lipinski definition) is 2. The lowest BCUT2D eigenvalue weighted by Crippen LogP contribution is -3.20. The van der Waals surface area contributed by atoms with Gasteiger partial charge in [0.05, 0.1) is 0 Å². The maximum Gasteiger partial charge on any atom is 0.137 e. The van der Waals surface area contributed by atoms with E-state index in [2.05, 4.69) is 5.32 Å². The lowest BCUT2D eigenvalue weighted by atomic mass is 10.3. The van der Waals surface area contributed by atoms with Gasteiger partial charge in [-0.2, -0.15) is 0 Å². The zero-order valence-electron chi connectivity index (χ0n) is 12.8. The van der Waals surface area contributed by atoms with Crippen molar-refractivity contribution >= 4 is 0 Å². The highest BCUT2D eigenvalue weighted by Gasteiger charge is 2.14. The van der Waals surface area contributed by atoms with Crippen LogP contribution in [-0.4, -0.2) is 39.3 Å². The molecule has 0 atom stereocenters. The molecule has 2 aromatic rings. The summed E-state index contributed by atoms with van der Waals surface area (Å²) in [6, 6.07) is 17.7. The summed E-state index contributed by atoms with van der Waals surface area (Å²) in [5, 5.41) is 2.38. The highest BCUT2D eigenvalue weighted by Crippen LogP contribution is 2.24. The maximum atomic E-state index is 5.88. The van der Waals surface area contributed by atoms with Crippen LogP contribution in [-0.2, 0) is 0 Å². The van der Waals surface area contributed by atoms with Crippen molar-refractivity contribution < 1.29 is 19.7 Å². The van der Waals surface area contributed by atoms with Crippen molar-refractivity contribution in [2.75, 3.05) is 39.3 Å². The van der Waals surface area contributed by atoms with E-state index in [0.717, 1.165) is 30.4 Å². The zero-order valence-corrected chi connectivity index (χ0v) is 12.8. The SMILES string of the molecule is c1ccc(Oc2cccc(OCC[NH+]3CC[NH2+]CC3)c2)cc1. The quantitative estimate of drug-likeness (QED) is 0.806. The molecule has 0 saturated carbocycles. The maximum absolute atomic E-state index is 5.88. The molecule has 0 aromatic heterocycles. The Hall–Kier alpha value is -2.04. The molecule has 0 bridgehead atoms. The standard InChI is InChI=1S/C18H22N2O2/c1-2-5-16(6-3-1)22-18-8-4-7-17(15-18)21-14-13-20-11-9-19-10-12-20/h1-8,15,19H,9-14H2/p+2. The fraction of sp³-hybridized carbons (Fsp3) is 0.333. The van der Waals surface area contributed by atoms with Gasteiger partial charge < -0.3 is 19.7 Å². The van der Waals surface area contributed by atoms with E-state index >= 15 is 0 Å². The Morgan fingerprint density at radius 3 is 2.41 bits per heavy atom.